The quantitative estimate of drug-likeness (QED) is 0.516. The number of halogens is 2. The number of rotatable bonds is 2. The van der Waals surface area contributed by atoms with Crippen LogP contribution in [0.2, 0.25) is 10.4 Å². The second-order valence-corrected chi connectivity index (χ2v) is 5.03. The monoisotopic (exact) mass is 320 g/mol. The van der Waals surface area contributed by atoms with E-state index in [0.717, 1.165) is 0 Å². The third-order valence-corrected chi connectivity index (χ3v) is 3.58. The van der Waals surface area contributed by atoms with E-state index in [1.54, 1.807) is 0 Å². The van der Waals surface area contributed by atoms with E-state index in [4.69, 9.17) is 33.0 Å². The third-order valence-electron chi connectivity index (χ3n) is 3.14. The Labute approximate surface area is 122 Å². The van der Waals surface area contributed by atoms with Gasteiger partial charge in [0.1, 0.15) is 23.8 Å². The number of fused-ring (bicyclic) bond motifs is 1. The van der Waals surface area contributed by atoms with Crippen LogP contribution in [0.1, 0.15) is 6.23 Å². The molecule has 20 heavy (non-hydrogen) atoms. The Balaban J connectivity index is 2.07. The number of aromatic nitrogens is 4. The van der Waals surface area contributed by atoms with Crippen molar-refractivity contribution in [1.29, 1.82) is 0 Å². The van der Waals surface area contributed by atoms with E-state index in [1.165, 1.54) is 10.9 Å². The fourth-order valence-corrected chi connectivity index (χ4v) is 2.57. The maximum Gasteiger partial charge on any atom is 0.225 e. The van der Waals surface area contributed by atoms with Gasteiger partial charge in [0.25, 0.3) is 0 Å². The largest absolute Gasteiger partial charge is 0.394 e. The van der Waals surface area contributed by atoms with Crippen molar-refractivity contribution in [3.05, 3.63) is 16.8 Å². The highest BCUT2D eigenvalue weighted by atomic mass is 35.5. The summed E-state index contributed by atoms with van der Waals surface area (Å²) < 4.78 is 6.78. The van der Waals surface area contributed by atoms with Crippen molar-refractivity contribution >= 4 is 34.4 Å². The first-order valence-electron chi connectivity index (χ1n) is 5.71. The van der Waals surface area contributed by atoms with Crippen LogP contribution in [0.4, 0.5) is 0 Å². The Hall–Kier alpha value is -1.03. The summed E-state index contributed by atoms with van der Waals surface area (Å²) in [6, 6.07) is 0. The van der Waals surface area contributed by atoms with Crippen LogP contribution in [0.15, 0.2) is 6.33 Å². The molecule has 0 aliphatic carbocycles. The first-order valence-corrected chi connectivity index (χ1v) is 6.46. The molecule has 8 nitrogen and oxygen atoms in total. The molecule has 0 spiro atoms. The molecule has 3 heterocycles. The Morgan fingerprint density at radius 2 is 2.00 bits per heavy atom. The molecule has 10 heteroatoms. The molecule has 4 atom stereocenters. The molecule has 3 rings (SSSR count). The molecule has 0 amide bonds. The lowest BCUT2D eigenvalue weighted by atomic mass is 10.1. The average molecular weight is 321 g/mol. The van der Waals surface area contributed by atoms with E-state index in [1.807, 2.05) is 0 Å². The highest BCUT2D eigenvalue weighted by Gasteiger charge is 2.44. The summed E-state index contributed by atoms with van der Waals surface area (Å²) in [6.07, 6.45) is -2.94. The molecule has 1 aliphatic heterocycles. The number of imidazole rings is 1. The molecule has 1 fully saturated rings. The number of ether oxygens (including phenoxy) is 1. The lowest BCUT2D eigenvalue weighted by Crippen LogP contribution is -2.33. The van der Waals surface area contributed by atoms with E-state index >= 15 is 0 Å². The molecular weight excluding hydrogens is 311 g/mol. The zero-order valence-corrected chi connectivity index (χ0v) is 11.4. The van der Waals surface area contributed by atoms with Crippen LogP contribution in [-0.2, 0) is 4.74 Å². The lowest BCUT2D eigenvalue weighted by molar-refractivity contribution is -0.0511. The number of nitrogens with zero attached hydrogens (tertiary/aromatic N) is 4. The predicted molar refractivity (Wildman–Crippen MR) is 68.4 cm³/mol. The van der Waals surface area contributed by atoms with Crippen molar-refractivity contribution in [2.75, 3.05) is 6.61 Å². The predicted octanol–water partition coefficient (Wildman–Crippen LogP) is -0.255. The van der Waals surface area contributed by atoms with Gasteiger partial charge in [0.2, 0.25) is 5.28 Å². The molecule has 108 valence electrons. The molecule has 0 radical (unpaired) electrons. The fourth-order valence-electron chi connectivity index (χ4n) is 2.15. The minimum Gasteiger partial charge on any atom is -0.394 e. The maximum absolute atomic E-state index is 9.98. The van der Waals surface area contributed by atoms with Crippen LogP contribution in [0.5, 0.6) is 0 Å². The number of aliphatic hydroxyl groups is 3. The van der Waals surface area contributed by atoms with Gasteiger partial charge in [0.15, 0.2) is 17.0 Å². The molecule has 0 unspecified atom stereocenters. The Morgan fingerprint density at radius 3 is 2.65 bits per heavy atom. The zero-order chi connectivity index (χ0) is 14.4. The number of aliphatic hydroxyl groups excluding tert-OH is 3. The molecule has 0 saturated carbocycles. The third kappa shape index (κ3) is 2.05. The van der Waals surface area contributed by atoms with E-state index in [-0.39, 0.29) is 16.1 Å². The summed E-state index contributed by atoms with van der Waals surface area (Å²) in [5.41, 5.74) is 0.568. The first kappa shape index (κ1) is 13.9. The van der Waals surface area contributed by atoms with E-state index < -0.39 is 31.1 Å². The van der Waals surface area contributed by atoms with Crippen molar-refractivity contribution in [2.45, 2.75) is 24.5 Å². The number of hydrogen-bond acceptors (Lipinski definition) is 7. The van der Waals surface area contributed by atoms with Gasteiger partial charge in [-0.3, -0.25) is 4.57 Å². The van der Waals surface area contributed by atoms with E-state index in [2.05, 4.69) is 15.0 Å². The van der Waals surface area contributed by atoms with Crippen molar-refractivity contribution < 1.29 is 20.1 Å². The van der Waals surface area contributed by atoms with Gasteiger partial charge in [-0.1, -0.05) is 11.6 Å². The molecular formula is C10H10Cl2N4O4. The molecule has 3 N–H and O–H groups in total. The van der Waals surface area contributed by atoms with Crippen LogP contribution in [0, 0.1) is 0 Å². The first-order chi connectivity index (χ1) is 9.52. The highest BCUT2D eigenvalue weighted by Crippen LogP contribution is 2.32. The van der Waals surface area contributed by atoms with Crippen molar-refractivity contribution in [3.8, 4) is 0 Å². The molecule has 0 aromatic carbocycles. The standard InChI is InChI=1S/C10H10Cl2N4O4/c11-7-4-8(15-10(12)14-7)16(2-13-4)9-6(19)5(18)3(1-17)20-9/h2-3,5-6,9,17-19H,1H2/t3-,5+,6-,9-/m0/s1. The van der Waals surface area contributed by atoms with Gasteiger partial charge in [-0.05, 0) is 11.6 Å². The summed E-state index contributed by atoms with van der Waals surface area (Å²) in [4.78, 5) is 11.8. The fraction of sp³-hybridized carbons (Fsp3) is 0.500. The topological polar surface area (TPSA) is 114 Å². The summed E-state index contributed by atoms with van der Waals surface area (Å²) in [5, 5.41) is 28.8. The Morgan fingerprint density at radius 1 is 1.25 bits per heavy atom. The van der Waals surface area contributed by atoms with Crippen LogP contribution < -0.4 is 0 Å². The molecule has 0 bridgehead atoms. The maximum atomic E-state index is 9.98. The summed E-state index contributed by atoms with van der Waals surface area (Å²) in [7, 11) is 0. The van der Waals surface area contributed by atoms with Crippen LogP contribution in [0.3, 0.4) is 0 Å². The van der Waals surface area contributed by atoms with Crippen LogP contribution in [-0.4, -0.2) is 59.8 Å². The minimum absolute atomic E-state index is 0.0732. The van der Waals surface area contributed by atoms with Crippen molar-refractivity contribution in [1.82, 2.24) is 19.5 Å². The molecule has 1 aliphatic rings. The molecule has 2 aromatic heterocycles. The lowest BCUT2D eigenvalue weighted by Gasteiger charge is -2.16. The van der Waals surface area contributed by atoms with Gasteiger partial charge in [-0.2, -0.15) is 4.98 Å². The average Bonchev–Trinajstić information content (AvgIpc) is 2.93. The second kappa shape index (κ2) is 5.06. The van der Waals surface area contributed by atoms with Crippen molar-refractivity contribution in [2.24, 2.45) is 0 Å². The van der Waals surface area contributed by atoms with Gasteiger partial charge in [-0.15, -0.1) is 0 Å². The van der Waals surface area contributed by atoms with E-state index in [0.29, 0.717) is 5.52 Å². The van der Waals surface area contributed by atoms with Gasteiger partial charge in [0.05, 0.1) is 12.9 Å². The highest BCUT2D eigenvalue weighted by molar-refractivity contribution is 6.35. The van der Waals surface area contributed by atoms with E-state index in [9.17, 15) is 10.2 Å². The zero-order valence-electron chi connectivity index (χ0n) is 9.89. The van der Waals surface area contributed by atoms with Gasteiger partial charge in [0, 0.05) is 0 Å². The second-order valence-electron chi connectivity index (χ2n) is 4.34. The Bertz CT molecular complexity index is 651. The minimum atomic E-state index is -1.24. The normalized spacial score (nSPS) is 30.2. The molecule has 1 saturated heterocycles. The van der Waals surface area contributed by atoms with Gasteiger partial charge < -0.3 is 20.1 Å². The summed E-state index contributed by atoms with van der Waals surface area (Å²) >= 11 is 11.6. The summed E-state index contributed by atoms with van der Waals surface area (Å²) in [6.45, 7) is -0.419. The van der Waals surface area contributed by atoms with Crippen LogP contribution >= 0.6 is 23.2 Å². The molecule has 2 aromatic rings. The van der Waals surface area contributed by atoms with Gasteiger partial charge in [-0.25, -0.2) is 9.97 Å². The Kier molecular flexibility index (Phi) is 3.53. The van der Waals surface area contributed by atoms with Crippen molar-refractivity contribution in [3.63, 3.8) is 0 Å². The smallest absolute Gasteiger partial charge is 0.225 e. The van der Waals surface area contributed by atoms with Gasteiger partial charge >= 0.3 is 0 Å². The number of hydrogen-bond donors (Lipinski definition) is 3. The summed E-state index contributed by atoms with van der Waals surface area (Å²) in [5.74, 6) is 0. The SMILES string of the molecule is OC[C@@H]1O[C@H](n2cnc3c(Cl)nc(Cl)nc32)[C@@H](O)[C@@H]1O. The van der Waals surface area contributed by atoms with Crippen LogP contribution in [0.25, 0.3) is 11.2 Å².